The summed E-state index contributed by atoms with van der Waals surface area (Å²) in [5, 5.41) is 3.98. The number of thiophene rings is 1. The summed E-state index contributed by atoms with van der Waals surface area (Å²) in [5.41, 5.74) is 7.55. The van der Waals surface area contributed by atoms with Crippen molar-refractivity contribution < 1.29 is 8.83 Å². The second-order valence-electron chi connectivity index (χ2n) is 12.3. The fourth-order valence-electron chi connectivity index (χ4n) is 6.92. The van der Waals surface area contributed by atoms with Crippen molar-refractivity contribution in [1.82, 2.24) is 4.57 Å². The number of nitrogens with zero attached hydrogens (tertiary/aromatic N) is 2. The van der Waals surface area contributed by atoms with Crippen LogP contribution < -0.4 is 16.2 Å². The molecule has 4 aromatic heterocycles. The molecular formula is C42H34N2O4S. The van der Waals surface area contributed by atoms with Gasteiger partial charge in [-0.3, -0.25) is 0 Å². The number of fused-ring (bicyclic) bond motifs is 3. The van der Waals surface area contributed by atoms with Gasteiger partial charge < -0.3 is 18.3 Å². The zero-order valence-electron chi connectivity index (χ0n) is 27.7. The quantitative estimate of drug-likeness (QED) is 0.126. The summed E-state index contributed by atoms with van der Waals surface area (Å²) in [6, 6.07) is 36.4. The van der Waals surface area contributed by atoms with E-state index in [1.54, 1.807) is 11.3 Å². The second-order valence-corrected chi connectivity index (χ2v) is 13.4. The highest BCUT2D eigenvalue weighted by Gasteiger charge is 2.17. The number of aromatic nitrogens is 1. The van der Waals surface area contributed by atoms with Crippen molar-refractivity contribution in [2.45, 2.75) is 20.8 Å². The van der Waals surface area contributed by atoms with Crippen LogP contribution in [0.15, 0.2) is 128 Å². The maximum absolute atomic E-state index is 13.3. The smallest absolute Gasteiger partial charge is 0.345 e. The molecule has 0 amide bonds. The van der Waals surface area contributed by atoms with Crippen LogP contribution in [-0.2, 0) is 7.05 Å². The molecule has 0 N–H and O–H groups in total. The van der Waals surface area contributed by atoms with E-state index < -0.39 is 0 Å². The molecule has 6 nitrogen and oxygen atoms in total. The molecule has 0 aliphatic rings. The number of hydrogen-bond donors (Lipinski definition) is 0. The molecule has 0 spiro atoms. The Morgan fingerprint density at radius 1 is 0.653 bits per heavy atom. The fraction of sp³-hybridized carbons (Fsp3) is 0.143. The second kappa shape index (κ2) is 12.1. The van der Waals surface area contributed by atoms with E-state index in [1.807, 2.05) is 80.7 Å². The normalized spacial score (nSPS) is 11.6. The summed E-state index contributed by atoms with van der Waals surface area (Å²) in [6.07, 6.45) is 0. The van der Waals surface area contributed by atoms with E-state index in [0.717, 1.165) is 78.2 Å². The molecule has 242 valence electrons. The van der Waals surface area contributed by atoms with Gasteiger partial charge in [0.15, 0.2) is 0 Å². The highest BCUT2D eigenvalue weighted by atomic mass is 32.1. The molecule has 0 atom stereocenters. The van der Waals surface area contributed by atoms with Crippen molar-refractivity contribution in [3.05, 3.63) is 136 Å². The molecule has 0 aliphatic carbocycles. The molecule has 0 bridgehead atoms. The van der Waals surface area contributed by atoms with Crippen molar-refractivity contribution >= 4 is 49.7 Å². The first-order valence-corrected chi connectivity index (χ1v) is 17.3. The first-order valence-electron chi connectivity index (χ1n) is 16.5. The highest BCUT2D eigenvalue weighted by Crippen LogP contribution is 2.37. The SMILES string of the molecule is CCN(CC)c1ccc2c(C)c(-c3ccc(-c4ccc(-c5ccc(-c6cc7cc8ccccc8cc7oc6=O)s5)n4C)cc3)c(=O)oc2c1. The molecular weight excluding hydrogens is 629 g/mol. The standard InChI is InChI=1S/C42H34N2O4S/c1-5-44(6-2)31-15-16-32-25(3)40(42(46)48-37(32)24-31)27-13-11-26(12-14-27)34-17-18-35(43(34)4)39-20-19-38(49-39)33-22-30-21-28-9-7-8-10-29(28)23-36(30)47-41(33)45/h7-24H,5-6H2,1-4H3. The van der Waals surface area contributed by atoms with Gasteiger partial charge in [-0.05, 0) is 103 Å². The molecule has 4 aromatic carbocycles. The third-order valence-electron chi connectivity index (χ3n) is 9.60. The van der Waals surface area contributed by atoms with Gasteiger partial charge in [0.05, 0.1) is 21.7 Å². The highest BCUT2D eigenvalue weighted by molar-refractivity contribution is 7.18. The van der Waals surface area contributed by atoms with Crippen LogP contribution in [0.3, 0.4) is 0 Å². The lowest BCUT2D eigenvalue weighted by atomic mass is 9.98. The van der Waals surface area contributed by atoms with E-state index >= 15 is 0 Å². The fourth-order valence-corrected chi connectivity index (χ4v) is 7.99. The Labute approximate surface area is 287 Å². The monoisotopic (exact) mass is 662 g/mol. The Morgan fingerprint density at radius 3 is 2.08 bits per heavy atom. The van der Waals surface area contributed by atoms with Gasteiger partial charge in [0.2, 0.25) is 0 Å². The van der Waals surface area contributed by atoms with Crippen molar-refractivity contribution in [3.63, 3.8) is 0 Å². The maximum atomic E-state index is 13.3. The van der Waals surface area contributed by atoms with Gasteiger partial charge in [-0.15, -0.1) is 11.3 Å². The summed E-state index contributed by atoms with van der Waals surface area (Å²) in [5.74, 6) is 0. The molecule has 8 rings (SSSR count). The van der Waals surface area contributed by atoms with Crippen LogP contribution in [0.4, 0.5) is 5.69 Å². The lowest BCUT2D eigenvalue weighted by Crippen LogP contribution is -2.21. The lowest BCUT2D eigenvalue weighted by Gasteiger charge is -2.21. The van der Waals surface area contributed by atoms with Gasteiger partial charge in [0.25, 0.3) is 0 Å². The summed E-state index contributed by atoms with van der Waals surface area (Å²) in [4.78, 5) is 30.5. The minimum atomic E-state index is -0.344. The van der Waals surface area contributed by atoms with E-state index in [-0.39, 0.29) is 11.3 Å². The summed E-state index contributed by atoms with van der Waals surface area (Å²) < 4.78 is 13.8. The maximum Gasteiger partial charge on any atom is 0.345 e. The van der Waals surface area contributed by atoms with Gasteiger partial charge in [0.1, 0.15) is 11.2 Å². The lowest BCUT2D eigenvalue weighted by molar-refractivity contribution is 0.562. The number of rotatable bonds is 7. The van der Waals surface area contributed by atoms with E-state index in [1.165, 1.54) is 0 Å². The average Bonchev–Trinajstić information content (AvgIpc) is 3.74. The van der Waals surface area contributed by atoms with Crippen LogP contribution in [0.5, 0.6) is 0 Å². The predicted octanol–water partition coefficient (Wildman–Crippen LogP) is 10.3. The molecule has 0 radical (unpaired) electrons. The zero-order chi connectivity index (χ0) is 33.8. The summed E-state index contributed by atoms with van der Waals surface area (Å²) >= 11 is 1.57. The van der Waals surface area contributed by atoms with Crippen LogP contribution in [0, 0.1) is 6.92 Å². The summed E-state index contributed by atoms with van der Waals surface area (Å²) in [7, 11) is 2.04. The zero-order valence-corrected chi connectivity index (χ0v) is 28.6. The van der Waals surface area contributed by atoms with Crippen LogP contribution in [0.1, 0.15) is 19.4 Å². The van der Waals surface area contributed by atoms with Gasteiger partial charge in [-0.2, -0.15) is 0 Å². The minimum Gasteiger partial charge on any atom is -0.422 e. The van der Waals surface area contributed by atoms with E-state index in [2.05, 4.69) is 65.8 Å². The molecule has 0 saturated carbocycles. The Kier molecular flexibility index (Phi) is 7.57. The predicted molar refractivity (Wildman–Crippen MR) is 203 cm³/mol. The van der Waals surface area contributed by atoms with Crippen LogP contribution in [0.2, 0.25) is 0 Å². The van der Waals surface area contributed by atoms with Crippen molar-refractivity contribution in [2.24, 2.45) is 7.05 Å². The first kappa shape index (κ1) is 30.7. The van der Waals surface area contributed by atoms with Crippen molar-refractivity contribution in [2.75, 3.05) is 18.0 Å². The molecule has 4 heterocycles. The van der Waals surface area contributed by atoms with Crippen molar-refractivity contribution in [1.29, 1.82) is 0 Å². The molecule has 0 unspecified atom stereocenters. The first-order chi connectivity index (χ1) is 23.8. The number of anilines is 1. The molecule has 0 aliphatic heterocycles. The molecule has 0 fully saturated rings. The number of aryl methyl sites for hydroxylation is 1. The van der Waals surface area contributed by atoms with Gasteiger partial charge >= 0.3 is 11.3 Å². The summed E-state index contributed by atoms with van der Waals surface area (Å²) in [6.45, 7) is 7.99. The Hall–Kier alpha value is -5.66. The number of benzene rings is 4. The number of hydrogen-bond acceptors (Lipinski definition) is 6. The molecule has 49 heavy (non-hydrogen) atoms. The molecule has 8 aromatic rings. The van der Waals surface area contributed by atoms with Crippen LogP contribution in [0.25, 0.3) is 76.1 Å². The topological polar surface area (TPSA) is 68.6 Å². The Morgan fingerprint density at radius 2 is 1.33 bits per heavy atom. The van der Waals surface area contributed by atoms with Crippen LogP contribution >= 0.6 is 11.3 Å². The van der Waals surface area contributed by atoms with Crippen molar-refractivity contribution in [3.8, 4) is 43.4 Å². The van der Waals surface area contributed by atoms with E-state index in [4.69, 9.17) is 8.83 Å². The van der Waals surface area contributed by atoms with Crippen LogP contribution in [-0.4, -0.2) is 17.7 Å². The Bertz CT molecular complexity index is 2650. The average molecular weight is 663 g/mol. The Balaban J connectivity index is 1.09. The third kappa shape index (κ3) is 5.27. The largest absolute Gasteiger partial charge is 0.422 e. The van der Waals surface area contributed by atoms with E-state index in [0.29, 0.717) is 22.3 Å². The van der Waals surface area contributed by atoms with Gasteiger partial charge in [0, 0.05) is 53.2 Å². The minimum absolute atomic E-state index is 0.335. The van der Waals surface area contributed by atoms with E-state index in [9.17, 15) is 9.59 Å². The third-order valence-corrected chi connectivity index (χ3v) is 10.7. The van der Waals surface area contributed by atoms with Gasteiger partial charge in [-0.1, -0.05) is 48.5 Å². The molecule has 7 heteroatoms. The molecule has 0 saturated heterocycles. The van der Waals surface area contributed by atoms with Gasteiger partial charge in [-0.25, -0.2) is 9.59 Å².